The molecule has 5 nitrogen and oxygen atoms in total. The van der Waals surface area contributed by atoms with Gasteiger partial charge in [0.2, 0.25) is 5.16 Å². The maximum atomic E-state index is 12.9. The van der Waals surface area contributed by atoms with E-state index in [1.165, 1.54) is 39.7 Å². The third kappa shape index (κ3) is 4.05. The summed E-state index contributed by atoms with van der Waals surface area (Å²) in [7, 11) is 0. The Morgan fingerprint density at radius 3 is 2.50 bits per heavy atom. The SMILES string of the molecule is Cc1ccc(CSc2nnc(COc3ccc(F)cc3)n2N)cc1. The maximum absolute atomic E-state index is 12.9. The lowest BCUT2D eigenvalue weighted by Crippen LogP contribution is -2.15. The summed E-state index contributed by atoms with van der Waals surface area (Å²) in [4.78, 5) is 0. The largest absolute Gasteiger partial charge is 0.486 e. The van der Waals surface area contributed by atoms with Crippen molar-refractivity contribution in [3.05, 3.63) is 71.3 Å². The highest BCUT2D eigenvalue weighted by molar-refractivity contribution is 7.98. The highest BCUT2D eigenvalue weighted by Crippen LogP contribution is 2.21. The van der Waals surface area contributed by atoms with Crippen molar-refractivity contribution < 1.29 is 9.13 Å². The summed E-state index contributed by atoms with van der Waals surface area (Å²) in [5, 5.41) is 8.75. The minimum atomic E-state index is -0.306. The Balaban J connectivity index is 1.58. The van der Waals surface area contributed by atoms with Crippen molar-refractivity contribution in [2.75, 3.05) is 5.84 Å². The number of hydrogen-bond acceptors (Lipinski definition) is 5. The van der Waals surface area contributed by atoms with E-state index in [1.54, 1.807) is 12.1 Å². The second-order valence-corrected chi connectivity index (χ2v) is 6.23. The normalized spacial score (nSPS) is 10.8. The molecule has 2 aromatic carbocycles. The molecule has 124 valence electrons. The van der Waals surface area contributed by atoms with Gasteiger partial charge in [-0.1, -0.05) is 41.6 Å². The van der Waals surface area contributed by atoms with Gasteiger partial charge in [-0.05, 0) is 36.8 Å². The van der Waals surface area contributed by atoms with Crippen LogP contribution < -0.4 is 10.6 Å². The molecule has 1 aromatic heterocycles. The number of nitrogen functional groups attached to an aromatic ring is 1. The van der Waals surface area contributed by atoms with Gasteiger partial charge in [0.05, 0.1) is 0 Å². The average Bonchev–Trinajstić information content (AvgIpc) is 2.94. The molecule has 24 heavy (non-hydrogen) atoms. The number of aryl methyl sites for hydroxylation is 1. The van der Waals surface area contributed by atoms with Crippen molar-refractivity contribution in [2.24, 2.45) is 0 Å². The van der Waals surface area contributed by atoms with E-state index in [-0.39, 0.29) is 12.4 Å². The first-order valence-corrected chi connectivity index (χ1v) is 8.36. The molecule has 0 aliphatic rings. The molecule has 0 unspecified atom stereocenters. The number of ether oxygens (including phenoxy) is 1. The van der Waals surface area contributed by atoms with Crippen molar-refractivity contribution in [3.8, 4) is 5.75 Å². The summed E-state index contributed by atoms with van der Waals surface area (Å²) < 4.78 is 19.8. The van der Waals surface area contributed by atoms with E-state index in [4.69, 9.17) is 10.6 Å². The van der Waals surface area contributed by atoms with Crippen LogP contribution in [-0.2, 0) is 12.4 Å². The summed E-state index contributed by atoms with van der Waals surface area (Å²) in [6.45, 7) is 2.22. The molecule has 1 heterocycles. The monoisotopic (exact) mass is 344 g/mol. The van der Waals surface area contributed by atoms with Crippen molar-refractivity contribution in [2.45, 2.75) is 24.4 Å². The quantitative estimate of drug-likeness (QED) is 0.549. The predicted molar refractivity (Wildman–Crippen MR) is 91.6 cm³/mol. The van der Waals surface area contributed by atoms with Crippen molar-refractivity contribution in [1.82, 2.24) is 14.9 Å². The highest BCUT2D eigenvalue weighted by atomic mass is 32.2. The molecular formula is C17H17FN4OS. The molecule has 0 fully saturated rings. The average molecular weight is 344 g/mol. The lowest BCUT2D eigenvalue weighted by molar-refractivity contribution is 0.291. The van der Waals surface area contributed by atoms with E-state index < -0.39 is 0 Å². The van der Waals surface area contributed by atoms with E-state index in [2.05, 4.69) is 41.4 Å². The Hall–Kier alpha value is -2.54. The number of rotatable bonds is 6. The molecule has 0 aliphatic carbocycles. The van der Waals surface area contributed by atoms with E-state index in [1.807, 2.05) is 0 Å². The van der Waals surface area contributed by atoms with Gasteiger partial charge in [0.15, 0.2) is 5.82 Å². The van der Waals surface area contributed by atoms with Crippen LogP contribution in [0, 0.1) is 12.7 Å². The van der Waals surface area contributed by atoms with E-state index in [0.717, 1.165) is 5.75 Å². The molecule has 0 atom stereocenters. The van der Waals surface area contributed by atoms with Gasteiger partial charge in [-0.3, -0.25) is 0 Å². The Bertz CT molecular complexity index is 735. The van der Waals surface area contributed by atoms with Gasteiger partial charge in [0.1, 0.15) is 18.2 Å². The summed E-state index contributed by atoms with van der Waals surface area (Å²) >= 11 is 1.51. The van der Waals surface area contributed by atoms with Crippen molar-refractivity contribution in [1.29, 1.82) is 0 Å². The molecule has 2 N–H and O–H groups in total. The van der Waals surface area contributed by atoms with E-state index in [0.29, 0.717) is 16.7 Å². The Labute approximate surface area is 143 Å². The van der Waals surface area contributed by atoms with Crippen LogP contribution in [0.1, 0.15) is 17.0 Å². The smallest absolute Gasteiger partial charge is 0.210 e. The molecule has 0 aliphatic heterocycles. The number of nitrogens with two attached hydrogens (primary N) is 1. The summed E-state index contributed by atoms with van der Waals surface area (Å²) in [6, 6.07) is 14.1. The molecule has 0 radical (unpaired) electrons. The van der Waals surface area contributed by atoms with Gasteiger partial charge in [-0.15, -0.1) is 10.2 Å². The first kappa shape index (κ1) is 16.3. The molecule has 0 saturated carbocycles. The zero-order valence-corrected chi connectivity index (χ0v) is 14.0. The topological polar surface area (TPSA) is 66.0 Å². The molecule has 3 rings (SSSR count). The van der Waals surface area contributed by atoms with Crippen LogP contribution in [0.25, 0.3) is 0 Å². The fraction of sp³-hybridized carbons (Fsp3) is 0.176. The van der Waals surface area contributed by atoms with Crippen LogP contribution in [0.15, 0.2) is 53.7 Å². The third-order valence-corrected chi connectivity index (χ3v) is 4.42. The molecular weight excluding hydrogens is 327 g/mol. The zero-order valence-electron chi connectivity index (χ0n) is 13.1. The fourth-order valence-corrected chi connectivity index (χ4v) is 2.85. The molecule has 0 spiro atoms. The van der Waals surface area contributed by atoms with Crippen LogP contribution in [0.2, 0.25) is 0 Å². The van der Waals surface area contributed by atoms with Gasteiger partial charge in [-0.25, -0.2) is 9.07 Å². The second kappa shape index (κ2) is 7.35. The van der Waals surface area contributed by atoms with E-state index >= 15 is 0 Å². The van der Waals surface area contributed by atoms with Gasteiger partial charge < -0.3 is 10.6 Å². The van der Waals surface area contributed by atoms with Crippen molar-refractivity contribution >= 4 is 11.8 Å². The number of halogens is 1. The van der Waals surface area contributed by atoms with Crippen LogP contribution in [0.5, 0.6) is 5.75 Å². The van der Waals surface area contributed by atoms with Crippen LogP contribution >= 0.6 is 11.8 Å². The Morgan fingerprint density at radius 2 is 1.79 bits per heavy atom. The van der Waals surface area contributed by atoms with Gasteiger partial charge in [0, 0.05) is 5.75 Å². The Kier molecular flexibility index (Phi) is 5.00. The number of aromatic nitrogens is 3. The zero-order chi connectivity index (χ0) is 16.9. The van der Waals surface area contributed by atoms with Gasteiger partial charge >= 0.3 is 0 Å². The lowest BCUT2D eigenvalue weighted by atomic mass is 10.2. The predicted octanol–water partition coefficient (Wildman–Crippen LogP) is 3.31. The number of benzene rings is 2. The fourth-order valence-electron chi connectivity index (χ4n) is 2.01. The summed E-state index contributed by atoms with van der Waals surface area (Å²) in [5.74, 6) is 7.52. The second-order valence-electron chi connectivity index (χ2n) is 5.29. The molecule has 0 saturated heterocycles. The van der Waals surface area contributed by atoms with Crippen LogP contribution in [0.3, 0.4) is 0 Å². The number of thioether (sulfide) groups is 1. The van der Waals surface area contributed by atoms with Crippen LogP contribution in [0.4, 0.5) is 4.39 Å². The standard InChI is InChI=1S/C17H17FN4OS/c1-12-2-4-13(5-3-12)11-24-17-21-20-16(22(17)19)10-23-15-8-6-14(18)7-9-15/h2-9H,10-11,19H2,1H3. The summed E-state index contributed by atoms with van der Waals surface area (Å²) in [5.41, 5.74) is 2.42. The molecule has 0 bridgehead atoms. The number of hydrogen-bond donors (Lipinski definition) is 1. The highest BCUT2D eigenvalue weighted by Gasteiger charge is 2.11. The molecule has 0 amide bonds. The lowest BCUT2D eigenvalue weighted by Gasteiger charge is -2.06. The molecule has 7 heteroatoms. The number of nitrogens with zero attached hydrogens (tertiary/aromatic N) is 3. The first-order chi connectivity index (χ1) is 11.6. The van der Waals surface area contributed by atoms with Gasteiger partial charge in [-0.2, -0.15) is 0 Å². The minimum absolute atomic E-state index is 0.167. The van der Waals surface area contributed by atoms with E-state index in [9.17, 15) is 4.39 Å². The first-order valence-electron chi connectivity index (χ1n) is 7.38. The van der Waals surface area contributed by atoms with Crippen molar-refractivity contribution in [3.63, 3.8) is 0 Å². The maximum Gasteiger partial charge on any atom is 0.210 e. The third-order valence-electron chi connectivity index (χ3n) is 3.41. The minimum Gasteiger partial charge on any atom is -0.486 e. The van der Waals surface area contributed by atoms with Crippen LogP contribution in [-0.4, -0.2) is 14.9 Å². The summed E-state index contributed by atoms with van der Waals surface area (Å²) in [6.07, 6.45) is 0. The molecule has 3 aromatic rings. The Morgan fingerprint density at radius 1 is 1.08 bits per heavy atom. The van der Waals surface area contributed by atoms with Gasteiger partial charge in [0.25, 0.3) is 0 Å².